The van der Waals surface area contributed by atoms with Crippen molar-refractivity contribution in [1.29, 1.82) is 0 Å². The van der Waals surface area contributed by atoms with Gasteiger partial charge in [0.1, 0.15) is 17.3 Å². The summed E-state index contributed by atoms with van der Waals surface area (Å²) in [6.07, 6.45) is 1.25. The predicted octanol–water partition coefficient (Wildman–Crippen LogP) is 0.364. The fourth-order valence-corrected chi connectivity index (χ4v) is 2.50. The van der Waals surface area contributed by atoms with Crippen LogP contribution in [0.25, 0.3) is 5.78 Å². The Morgan fingerprint density at radius 3 is 3.16 bits per heavy atom. The van der Waals surface area contributed by atoms with Gasteiger partial charge in [0, 0.05) is 19.2 Å². The molecule has 19 heavy (non-hydrogen) atoms. The molecule has 2 unspecified atom stereocenters. The fourth-order valence-electron chi connectivity index (χ4n) is 2.33. The second-order valence-corrected chi connectivity index (χ2v) is 4.95. The van der Waals surface area contributed by atoms with Gasteiger partial charge in [0.15, 0.2) is 0 Å². The molecule has 7 nitrogen and oxygen atoms in total. The number of halogens is 1. The highest BCUT2D eigenvalue weighted by Crippen LogP contribution is 2.22. The summed E-state index contributed by atoms with van der Waals surface area (Å²) in [6.45, 7) is 3.23. The highest BCUT2D eigenvalue weighted by Gasteiger charge is 2.26. The molecule has 2 aromatic heterocycles. The van der Waals surface area contributed by atoms with Gasteiger partial charge < -0.3 is 14.7 Å². The van der Waals surface area contributed by atoms with Crippen LogP contribution in [0.2, 0.25) is 5.15 Å². The SMILES string of the molecule is CC1CN(c2cc(Cl)nc3ncnn23)CC(CO)O1. The Balaban J connectivity index is 2.00. The third kappa shape index (κ3) is 2.36. The summed E-state index contributed by atoms with van der Waals surface area (Å²) >= 11 is 6.01. The predicted molar refractivity (Wildman–Crippen MR) is 69.4 cm³/mol. The van der Waals surface area contributed by atoms with Gasteiger partial charge in [0.2, 0.25) is 0 Å². The van der Waals surface area contributed by atoms with Gasteiger partial charge in [-0.1, -0.05) is 11.6 Å². The van der Waals surface area contributed by atoms with Gasteiger partial charge in [-0.25, -0.2) is 0 Å². The quantitative estimate of drug-likeness (QED) is 0.802. The molecular weight excluding hydrogens is 270 g/mol. The lowest BCUT2D eigenvalue weighted by atomic mass is 10.2. The molecule has 1 aliphatic heterocycles. The van der Waals surface area contributed by atoms with Crippen LogP contribution >= 0.6 is 11.6 Å². The van der Waals surface area contributed by atoms with Crippen LogP contribution in [0.15, 0.2) is 12.4 Å². The van der Waals surface area contributed by atoms with Crippen molar-refractivity contribution in [1.82, 2.24) is 19.6 Å². The van der Waals surface area contributed by atoms with E-state index < -0.39 is 0 Å². The first kappa shape index (κ1) is 12.6. The van der Waals surface area contributed by atoms with E-state index in [1.807, 2.05) is 6.92 Å². The lowest BCUT2D eigenvalue weighted by molar-refractivity contribution is -0.0423. The standard InChI is InChI=1S/C11H14ClN5O2/c1-7-3-16(4-8(5-18)19-7)10-2-9(12)15-11-13-6-14-17(10)11/h2,6-8,18H,3-5H2,1H3. The van der Waals surface area contributed by atoms with Crippen molar-refractivity contribution in [2.24, 2.45) is 0 Å². The van der Waals surface area contributed by atoms with Gasteiger partial charge in [-0.2, -0.15) is 19.6 Å². The number of fused-ring (bicyclic) bond motifs is 1. The molecule has 0 aliphatic carbocycles. The Morgan fingerprint density at radius 1 is 1.53 bits per heavy atom. The molecule has 1 aliphatic rings. The van der Waals surface area contributed by atoms with Crippen LogP contribution in [0.3, 0.4) is 0 Å². The summed E-state index contributed by atoms with van der Waals surface area (Å²) in [6, 6.07) is 1.75. The maximum Gasteiger partial charge on any atom is 0.255 e. The summed E-state index contributed by atoms with van der Waals surface area (Å²) < 4.78 is 7.26. The zero-order valence-electron chi connectivity index (χ0n) is 10.4. The number of hydrogen-bond acceptors (Lipinski definition) is 6. The van der Waals surface area contributed by atoms with E-state index in [2.05, 4.69) is 20.0 Å². The maximum absolute atomic E-state index is 9.28. The fraction of sp³-hybridized carbons (Fsp3) is 0.545. The molecule has 8 heteroatoms. The maximum atomic E-state index is 9.28. The first-order chi connectivity index (χ1) is 9.17. The molecular formula is C11H14ClN5O2. The minimum absolute atomic E-state index is 0.0137. The molecule has 3 rings (SSSR count). The van der Waals surface area contributed by atoms with E-state index in [-0.39, 0.29) is 18.8 Å². The van der Waals surface area contributed by atoms with E-state index in [0.717, 1.165) is 5.82 Å². The third-order valence-electron chi connectivity index (χ3n) is 3.06. The lowest BCUT2D eigenvalue weighted by Gasteiger charge is -2.37. The third-order valence-corrected chi connectivity index (χ3v) is 3.25. The molecule has 2 aromatic rings. The van der Waals surface area contributed by atoms with E-state index >= 15 is 0 Å². The van der Waals surface area contributed by atoms with Gasteiger partial charge in [-0.3, -0.25) is 0 Å². The first-order valence-corrected chi connectivity index (χ1v) is 6.42. The van der Waals surface area contributed by atoms with Crippen molar-refractivity contribution in [3.05, 3.63) is 17.5 Å². The molecule has 3 heterocycles. The van der Waals surface area contributed by atoms with Crippen molar-refractivity contribution in [2.45, 2.75) is 19.1 Å². The summed E-state index contributed by atoms with van der Waals surface area (Å²) in [4.78, 5) is 10.2. The van der Waals surface area contributed by atoms with Gasteiger partial charge in [0.05, 0.1) is 18.8 Å². The normalized spacial score (nSPS) is 24.1. The van der Waals surface area contributed by atoms with Crippen LogP contribution in [-0.2, 0) is 4.74 Å². The zero-order chi connectivity index (χ0) is 13.4. The van der Waals surface area contributed by atoms with Gasteiger partial charge in [-0.15, -0.1) is 0 Å². The molecule has 2 atom stereocenters. The average molecular weight is 284 g/mol. The van der Waals surface area contributed by atoms with Crippen molar-refractivity contribution >= 4 is 23.2 Å². The minimum atomic E-state index is -0.214. The van der Waals surface area contributed by atoms with Crippen LogP contribution in [0.5, 0.6) is 0 Å². The second-order valence-electron chi connectivity index (χ2n) is 4.57. The number of anilines is 1. The Kier molecular flexibility index (Phi) is 3.26. The van der Waals surface area contributed by atoms with Crippen molar-refractivity contribution in [2.75, 3.05) is 24.6 Å². The first-order valence-electron chi connectivity index (χ1n) is 6.05. The van der Waals surface area contributed by atoms with Crippen LogP contribution in [0.4, 0.5) is 5.82 Å². The molecule has 1 fully saturated rings. The highest BCUT2D eigenvalue weighted by molar-refractivity contribution is 6.29. The number of ether oxygens (including phenoxy) is 1. The van der Waals surface area contributed by atoms with Crippen LogP contribution in [0, 0.1) is 0 Å². The van der Waals surface area contributed by atoms with E-state index in [4.69, 9.17) is 16.3 Å². The summed E-state index contributed by atoms with van der Waals surface area (Å²) in [5.74, 6) is 1.27. The summed E-state index contributed by atoms with van der Waals surface area (Å²) in [5, 5.41) is 13.8. The average Bonchev–Trinajstić information content (AvgIpc) is 2.84. The van der Waals surface area contributed by atoms with Crippen LogP contribution < -0.4 is 4.90 Å². The largest absolute Gasteiger partial charge is 0.394 e. The van der Waals surface area contributed by atoms with Gasteiger partial charge in [-0.05, 0) is 6.92 Å². The van der Waals surface area contributed by atoms with Crippen molar-refractivity contribution < 1.29 is 9.84 Å². The monoisotopic (exact) mass is 283 g/mol. The van der Waals surface area contributed by atoms with Gasteiger partial charge >= 0.3 is 0 Å². The molecule has 0 amide bonds. The lowest BCUT2D eigenvalue weighted by Crippen LogP contribution is -2.48. The molecule has 0 aromatic carbocycles. The molecule has 1 N–H and O–H groups in total. The molecule has 1 saturated heterocycles. The van der Waals surface area contributed by atoms with Crippen LogP contribution in [0.1, 0.15) is 6.92 Å². The van der Waals surface area contributed by atoms with E-state index in [1.165, 1.54) is 6.33 Å². The van der Waals surface area contributed by atoms with E-state index in [0.29, 0.717) is 24.0 Å². The Hall–Kier alpha value is -1.44. The second kappa shape index (κ2) is 4.92. The topological polar surface area (TPSA) is 75.8 Å². The number of aliphatic hydroxyl groups excluding tert-OH is 1. The Morgan fingerprint density at radius 2 is 2.37 bits per heavy atom. The number of rotatable bonds is 2. The number of nitrogens with zero attached hydrogens (tertiary/aromatic N) is 5. The Labute approximate surface area is 114 Å². The molecule has 102 valence electrons. The number of morpholine rings is 1. The molecule has 0 spiro atoms. The van der Waals surface area contributed by atoms with E-state index in [1.54, 1.807) is 10.6 Å². The summed E-state index contributed by atoms with van der Waals surface area (Å²) in [5.41, 5.74) is 0. The molecule has 0 bridgehead atoms. The van der Waals surface area contributed by atoms with Crippen molar-refractivity contribution in [3.8, 4) is 0 Å². The number of hydrogen-bond donors (Lipinski definition) is 1. The van der Waals surface area contributed by atoms with E-state index in [9.17, 15) is 5.11 Å². The smallest absolute Gasteiger partial charge is 0.255 e. The Bertz CT molecular complexity index is 589. The molecule has 0 saturated carbocycles. The van der Waals surface area contributed by atoms with Crippen molar-refractivity contribution in [3.63, 3.8) is 0 Å². The number of aromatic nitrogens is 4. The molecule has 0 radical (unpaired) electrons. The zero-order valence-corrected chi connectivity index (χ0v) is 11.2. The number of aliphatic hydroxyl groups is 1. The van der Waals surface area contributed by atoms with Gasteiger partial charge in [0.25, 0.3) is 5.78 Å². The highest BCUT2D eigenvalue weighted by atomic mass is 35.5. The minimum Gasteiger partial charge on any atom is -0.394 e. The van der Waals surface area contributed by atoms with Crippen LogP contribution in [-0.4, -0.2) is 56.6 Å². The summed E-state index contributed by atoms with van der Waals surface area (Å²) in [7, 11) is 0.